The summed E-state index contributed by atoms with van der Waals surface area (Å²) in [6, 6.07) is 9.92. The maximum Gasteiger partial charge on any atom is 0.275 e. The molecule has 1 aromatic heterocycles. The van der Waals surface area contributed by atoms with Gasteiger partial charge >= 0.3 is 0 Å². The number of nitrogens with one attached hydrogen (secondary N) is 1. The molecular formula is C21H21IN4O4. The highest BCUT2D eigenvalue weighted by Crippen LogP contribution is 2.30. The highest BCUT2D eigenvalue weighted by Gasteiger charge is 2.14. The summed E-state index contributed by atoms with van der Waals surface area (Å²) < 4.78 is 8.61. The van der Waals surface area contributed by atoms with Crippen molar-refractivity contribution in [2.24, 2.45) is 0 Å². The van der Waals surface area contributed by atoms with E-state index in [1.54, 1.807) is 16.9 Å². The van der Waals surface area contributed by atoms with Crippen LogP contribution >= 0.6 is 22.6 Å². The van der Waals surface area contributed by atoms with Gasteiger partial charge in [-0.3, -0.25) is 19.6 Å². The van der Waals surface area contributed by atoms with Crippen LogP contribution in [0.4, 0.5) is 11.4 Å². The number of benzene rings is 2. The lowest BCUT2D eigenvalue weighted by molar-refractivity contribution is -0.384. The van der Waals surface area contributed by atoms with Gasteiger partial charge in [-0.2, -0.15) is 5.10 Å². The van der Waals surface area contributed by atoms with Crippen molar-refractivity contribution in [3.63, 3.8) is 0 Å². The van der Waals surface area contributed by atoms with Gasteiger partial charge in [0.2, 0.25) is 5.91 Å². The fraction of sp³-hybridized carbons (Fsp3) is 0.238. The smallest absolute Gasteiger partial charge is 0.275 e. The Kier molecular flexibility index (Phi) is 6.70. The summed E-state index contributed by atoms with van der Waals surface area (Å²) in [5.41, 5.74) is 3.17. The quantitative estimate of drug-likeness (QED) is 0.264. The Morgan fingerprint density at radius 2 is 1.80 bits per heavy atom. The summed E-state index contributed by atoms with van der Waals surface area (Å²) in [5.74, 6) is 0.591. The van der Waals surface area contributed by atoms with Gasteiger partial charge in [-0.05, 0) is 66.6 Å². The van der Waals surface area contributed by atoms with Gasteiger partial charge in [-0.25, -0.2) is 0 Å². The van der Waals surface area contributed by atoms with E-state index in [9.17, 15) is 14.9 Å². The molecule has 0 aliphatic carbocycles. The number of hydrogen-bond acceptors (Lipinski definition) is 5. The molecule has 1 N–H and O–H groups in total. The largest absolute Gasteiger partial charge is 0.457 e. The molecule has 0 aliphatic rings. The Bertz CT molecular complexity index is 1090. The summed E-state index contributed by atoms with van der Waals surface area (Å²) in [5, 5.41) is 18.3. The number of amides is 1. The number of carbonyl (C=O) groups is 1. The Morgan fingerprint density at radius 1 is 1.13 bits per heavy atom. The molecule has 0 atom stereocenters. The van der Waals surface area contributed by atoms with Gasteiger partial charge in [-0.15, -0.1) is 0 Å². The number of ether oxygens (including phenoxy) is 1. The zero-order valence-corrected chi connectivity index (χ0v) is 19.0. The second-order valence-corrected chi connectivity index (χ2v) is 8.16. The molecule has 0 bridgehead atoms. The van der Waals surface area contributed by atoms with E-state index < -0.39 is 4.92 Å². The predicted octanol–water partition coefficient (Wildman–Crippen LogP) is 5.14. The number of nitro groups is 1. The maximum absolute atomic E-state index is 12.4. The van der Waals surface area contributed by atoms with E-state index >= 15 is 0 Å². The number of rotatable bonds is 7. The number of carbonyl (C=O) groups excluding carboxylic acids is 1. The Morgan fingerprint density at radius 3 is 2.40 bits per heavy atom. The first kappa shape index (κ1) is 21.8. The monoisotopic (exact) mass is 520 g/mol. The molecule has 30 heavy (non-hydrogen) atoms. The van der Waals surface area contributed by atoms with E-state index in [2.05, 4.69) is 33.0 Å². The summed E-state index contributed by atoms with van der Waals surface area (Å²) in [6.07, 6.45) is 1.93. The average Bonchev–Trinajstić information content (AvgIpc) is 2.97. The second kappa shape index (κ2) is 9.24. The standard InChI is InChI=1S/C21H21IN4O4/c1-13-6-14(2)8-18(7-13)30-19-10-16(9-17(11-19)26(28)29)24-21(27)4-5-25-15(3)20(22)12-23-25/h6-12H,4-5H2,1-3H3,(H,24,27). The lowest BCUT2D eigenvalue weighted by Crippen LogP contribution is -2.15. The molecule has 0 saturated heterocycles. The van der Waals surface area contributed by atoms with Gasteiger partial charge in [0, 0.05) is 24.2 Å². The van der Waals surface area contributed by atoms with Crippen LogP contribution in [0, 0.1) is 34.5 Å². The predicted molar refractivity (Wildman–Crippen MR) is 122 cm³/mol. The zero-order chi connectivity index (χ0) is 21.8. The number of non-ortho nitro benzene ring substituents is 1. The highest BCUT2D eigenvalue weighted by molar-refractivity contribution is 14.1. The molecule has 156 valence electrons. The number of hydrogen-bond donors (Lipinski definition) is 1. The van der Waals surface area contributed by atoms with Crippen molar-refractivity contribution in [1.82, 2.24) is 9.78 Å². The molecule has 0 unspecified atom stereocenters. The molecule has 3 aromatic rings. The van der Waals surface area contributed by atoms with Crippen molar-refractivity contribution in [2.45, 2.75) is 33.7 Å². The molecular weight excluding hydrogens is 499 g/mol. The summed E-state index contributed by atoms with van der Waals surface area (Å²) in [6.45, 7) is 6.24. The molecule has 2 aromatic carbocycles. The summed E-state index contributed by atoms with van der Waals surface area (Å²) in [4.78, 5) is 23.2. The number of nitrogens with zero attached hydrogens (tertiary/aromatic N) is 3. The lowest BCUT2D eigenvalue weighted by Gasteiger charge is -2.11. The van der Waals surface area contributed by atoms with E-state index in [4.69, 9.17) is 4.74 Å². The van der Waals surface area contributed by atoms with E-state index in [0.29, 0.717) is 18.0 Å². The average molecular weight is 520 g/mol. The summed E-state index contributed by atoms with van der Waals surface area (Å²) >= 11 is 2.19. The Balaban J connectivity index is 1.75. The van der Waals surface area contributed by atoms with Gasteiger partial charge in [0.05, 0.1) is 33.0 Å². The van der Waals surface area contributed by atoms with Crippen LogP contribution in [-0.4, -0.2) is 20.6 Å². The fourth-order valence-corrected chi connectivity index (χ4v) is 3.43. The Labute approximate surface area is 187 Å². The molecule has 8 nitrogen and oxygen atoms in total. The normalized spacial score (nSPS) is 10.7. The van der Waals surface area contributed by atoms with Crippen LogP contribution in [0.5, 0.6) is 11.5 Å². The molecule has 3 rings (SSSR count). The third-order valence-electron chi connectivity index (χ3n) is 4.41. The van der Waals surface area contributed by atoms with Crippen molar-refractivity contribution in [3.8, 4) is 11.5 Å². The van der Waals surface area contributed by atoms with E-state index in [0.717, 1.165) is 20.4 Å². The van der Waals surface area contributed by atoms with Crippen LogP contribution in [0.2, 0.25) is 0 Å². The molecule has 1 heterocycles. The third-order valence-corrected chi connectivity index (χ3v) is 5.47. The van der Waals surface area contributed by atoms with Crippen LogP contribution in [0.1, 0.15) is 23.2 Å². The molecule has 1 amide bonds. The van der Waals surface area contributed by atoms with E-state index in [1.807, 2.05) is 39.0 Å². The highest BCUT2D eigenvalue weighted by atomic mass is 127. The first-order valence-corrected chi connectivity index (χ1v) is 10.3. The first-order chi connectivity index (χ1) is 14.2. The fourth-order valence-electron chi connectivity index (χ4n) is 3.03. The van der Waals surface area contributed by atoms with Gasteiger partial charge in [0.25, 0.3) is 5.69 Å². The third kappa shape index (κ3) is 5.56. The number of anilines is 1. The summed E-state index contributed by atoms with van der Waals surface area (Å²) in [7, 11) is 0. The lowest BCUT2D eigenvalue weighted by atomic mass is 10.1. The molecule has 0 spiro atoms. The second-order valence-electron chi connectivity index (χ2n) is 7.00. The first-order valence-electron chi connectivity index (χ1n) is 9.24. The molecule has 0 saturated carbocycles. The number of aromatic nitrogens is 2. The van der Waals surface area contributed by atoms with Crippen LogP contribution in [0.15, 0.2) is 42.6 Å². The number of halogens is 1. The van der Waals surface area contributed by atoms with Gasteiger partial charge < -0.3 is 10.1 Å². The minimum atomic E-state index is -0.515. The molecule has 0 radical (unpaired) electrons. The van der Waals surface area contributed by atoms with Crippen LogP contribution in [0.25, 0.3) is 0 Å². The SMILES string of the molecule is Cc1cc(C)cc(Oc2cc(NC(=O)CCn3ncc(I)c3C)cc([N+](=O)[O-])c2)c1. The van der Waals surface area contributed by atoms with Crippen molar-refractivity contribution in [1.29, 1.82) is 0 Å². The number of aryl methyl sites for hydroxylation is 3. The van der Waals surface area contributed by atoms with Crippen molar-refractivity contribution < 1.29 is 14.5 Å². The van der Waals surface area contributed by atoms with Gasteiger partial charge in [0.15, 0.2) is 0 Å². The van der Waals surface area contributed by atoms with Gasteiger partial charge in [0.1, 0.15) is 11.5 Å². The van der Waals surface area contributed by atoms with Crippen molar-refractivity contribution in [3.05, 3.63) is 73.1 Å². The van der Waals surface area contributed by atoms with Crippen LogP contribution in [0.3, 0.4) is 0 Å². The molecule has 0 aliphatic heterocycles. The van der Waals surface area contributed by atoms with E-state index in [1.165, 1.54) is 12.1 Å². The number of nitro benzene ring substituents is 1. The zero-order valence-electron chi connectivity index (χ0n) is 16.8. The van der Waals surface area contributed by atoms with Crippen molar-refractivity contribution in [2.75, 3.05) is 5.32 Å². The van der Waals surface area contributed by atoms with Crippen LogP contribution < -0.4 is 10.1 Å². The maximum atomic E-state index is 12.4. The molecule has 9 heteroatoms. The van der Waals surface area contributed by atoms with Crippen LogP contribution in [-0.2, 0) is 11.3 Å². The van der Waals surface area contributed by atoms with E-state index in [-0.39, 0.29) is 23.8 Å². The minimum absolute atomic E-state index is 0.162. The Hall–Kier alpha value is -2.95. The topological polar surface area (TPSA) is 99.3 Å². The van der Waals surface area contributed by atoms with Gasteiger partial charge in [-0.1, -0.05) is 6.07 Å². The van der Waals surface area contributed by atoms with Crippen molar-refractivity contribution >= 4 is 39.9 Å². The molecule has 0 fully saturated rings. The minimum Gasteiger partial charge on any atom is -0.457 e.